The third-order valence-corrected chi connectivity index (χ3v) is 7.13. The van der Waals surface area contributed by atoms with Gasteiger partial charge < -0.3 is 10.2 Å². The molecule has 0 saturated carbocycles. The Kier molecular flexibility index (Phi) is 7.41. The van der Waals surface area contributed by atoms with Crippen molar-refractivity contribution < 1.29 is 9.18 Å². The Labute approximate surface area is 232 Å². The van der Waals surface area contributed by atoms with E-state index >= 15 is 0 Å². The number of hydrogen-bond acceptors (Lipinski definition) is 6. The highest BCUT2D eigenvalue weighted by atomic mass is 19.1. The molecule has 3 aromatic carbocycles. The van der Waals surface area contributed by atoms with Crippen molar-refractivity contribution in [2.75, 3.05) is 36.4 Å². The van der Waals surface area contributed by atoms with Crippen molar-refractivity contribution in [3.8, 4) is 11.1 Å². The molecule has 3 heterocycles. The average molecular weight is 533 g/mol. The summed E-state index contributed by atoms with van der Waals surface area (Å²) in [5.74, 6) is 0.432. The molecule has 40 heavy (non-hydrogen) atoms. The fourth-order valence-electron chi connectivity index (χ4n) is 4.96. The van der Waals surface area contributed by atoms with E-state index in [2.05, 4.69) is 37.2 Å². The van der Waals surface area contributed by atoms with Gasteiger partial charge in [-0.2, -0.15) is 0 Å². The second-order valence-corrected chi connectivity index (χ2v) is 9.98. The molecule has 0 radical (unpaired) electrons. The Hall–Kier alpha value is -4.69. The predicted octanol–water partition coefficient (Wildman–Crippen LogP) is 5.33. The number of anilines is 2. The number of benzene rings is 3. The molecule has 0 bridgehead atoms. The second-order valence-electron chi connectivity index (χ2n) is 9.98. The summed E-state index contributed by atoms with van der Waals surface area (Å²) in [5, 5.41) is 2.91. The number of pyridine rings is 1. The van der Waals surface area contributed by atoms with Crippen LogP contribution in [0.15, 0.2) is 97.5 Å². The molecule has 7 nitrogen and oxygen atoms in total. The normalized spacial score (nSPS) is 13.9. The van der Waals surface area contributed by atoms with Crippen LogP contribution in [-0.2, 0) is 17.8 Å². The SMILES string of the molecule is O=C(Cc1ccc(F)cc1)Nc1ccc(-c2ccc3ncc(N4CCN(Cc5cccnc5)CC4)nc3c2)cc1. The molecule has 1 aliphatic rings. The van der Waals surface area contributed by atoms with Crippen LogP contribution in [0.4, 0.5) is 15.9 Å². The van der Waals surface area contributed by atoms with E-state index in [0.29, 0.717) is 5.69 Å². The summed E-state index contributed by atoms with van der Waals surface area (Å²) >= 11 is 0. The Bertz CT molecular complexity index is 1600. The molecule has 1 N–H and O–H groups in total. The first-order valence-corrected chi connectivity index (χ1v) is 13.4. The topological polar surface area (TPSA) is 74.2 Å². The van der Waals surface area contributed by atoms with Gasteiger partial charge in [-0.15, -0.1) is 0 Å². The standard InChI is InChI=1S/C32H29FN6O/c33-27-8-3-23(4-9-27)18-32(40)36-28-10-5-25(6-11-28)26-7-12-29-30(19-26)37-31(21-35-29)39-16-14-38(15-17-39)22-24-2-1-13-34-20-24/h1-13,19-21H,14-18,22H2,(H,36,40). The maximum absolute atomic E-state index is 13.1. The maximum Gasteiger partial charge on any atom is 0.228 e. The third-order valence-electron chi connectivity index (χ3n) is 7.13. The minimum Gasteiger partial charge on any atom is -0.353 e. The lowest BCUT2D eigenvalue weighted by atomic mass is 10.0. The van der Waals surface area contributed by atoms with Crippen LogP contribution in [-0.4, -0.2) is 51.9 Å². The van der Waals surface area contributed by atoms with E-state index in [1.165, 1.54) is 17.7 Å². The van der Waals surface area contributed by atoms with E-state index in [9.17, 15) is 9.18 Å². The molecule has 2 aromatic heterocycles. The van der Waals surface area contributed by atoms with Crippen LogP contribution in [0.25, 0.3) is 22.2 Å². The highest BCUT2D eigenvalue weighted by Gasteiger charge is 2.19. The van der Waals surface area contributed by atoms with Gasteiger partial charge in [0.2, 0.25) is 5.91 Å². The van der Waals surface area contributed by atoms with Gasteiger partial charge in [0, 0.05) is 50.8 Å². The lowest BCUT2D eigenvalue weighted by molar-refractivity contribution is -0.115. The lowest BCUT2D eigenvalue weighted by Crippen LogP contribution is -2.46. The molecule has 0 unspecified atom stereocenters. The first-order chi connectivity index (χ1) is 19.6. The molecule has 1 aliphatic heterocycles. The van der Waals surface area contributed by atoms with Gasteiger partial charge in [-0.3, -0.25) is 19.7 Å². The van der Waals surface area contributed by atoms with E-state index in [4.69, 9.17) is 4.98 Å². The number of nitrogens with one attached hydrogen (secondary N) is 1. The number of aromatic nitrogens is 3. The molecule has 0 atom stereocenters. The van der Waals surface area contributed by atoms with Crippen LogP contribution in [0.3, 0.4) is 0 Å². The Morgan fingerprint density at radius 1 is 0.825 bits per heavy atom. The van der Waals surface area contributed by atoms with Crippen molar-refractivity contribution in [1.29, 1.82) is 0 Å². The number of halogens is 1. The van der Waals surface area contributed by atoms with Crippen LogP contribution in [0.2, 0.25) is 0 Å². The fraction of sp³-hybridized carbons (Fsp3) is 0.188. The van der Waals surface area contributed by atoms with Crippen molar-refractivity contribution in [1.82, 2.24) is 19.9 Å². The number of rotatable bonds is 7. The van der Waals surface area contributed by atoms with Gasteiger partial charge in [0.15, 0.2) is 0 Å². The zero-order chi connectivity index (χ0) is 27.3. The summed E-state index contributed by atoms with van der Waals surface area (Å²) < 4.78 is 13.1. The van der Waals surface area contributed by atoms with Crippen LogP contribution < -0.4 is 10.2 Å². The monoisotopic (exact) mass is 532 g/mol. The Morgan fingerprint density at radius 3 is 2.35 bits per heavy atom. The zero-order valence-electron chi connectivity index (χ0n) is 22.0. The summed E-state index contributed by atoms with van der Waals surface area (Å²) in [5.41, 5.74) is 6.46. The number of carbonyl (C=O) groups is 1. The summed E-state index contributed by atoms with van der Waals surface area (Å²) in [7, 11) is 0. The number of hydrogen-bond donors (Lipinski definition) is 1. The fourth-order valence-corrected chi connectivity index (χ4v) is 4.96. The van der Waals surface area contributed by atoms with Crippen LogP contribution in [0.5, 0.6) is 0 Å². The maximum atomic E-state index is 13.1. The van der Waals surface area contributed by atoms with Crippen molar-refractivity contribution in [2.45, 2.75) is 13.0 Å². The van der Waals surface area contributed by atoms with Crippen molar-refractivity contribution in [2.24, 2.45) is 0 Å². The van der Waals surface area contributed by atoms with Crippen molar-refractivity contribution in [3.63, 3.8) is 0 Å². The summed E-state index contributed by atoms with van der Waals surface area (Å²) in [4.78, 5) is 31.0. The molecule has 6 rings (SSSR count). The summed E-state index contributed by atoms with van der Waals surface area (Å²) in [6.07, 6.45) is 5.79. The number of fused-ring (bicyclic) bond motifs is 1. The van der Waals surface area contributed by atoms with Crippen LogP contribution >= 0.6 is 0 Å². The quantitative estimate of drug-likeness (QED) is 0.305. The first kappa shape index (κ1) is 25.6. The van der Waals surface area contributed by atoms with Gasteiger partial charge in [-0.05, 0) is 64.7 Å². The molecule has 8 heteroatoms. The van der Waals surface area contributed by atoms with Crippen LogP contribution in [0, 0.1) is 5.82 Å². The molecule has 5 aromatic rings. The Morgan fingerprint density at radius 2 is 1.60 bits per heavy atom. The molecule has 200 valence electrons. The van der Waals surface area contributed by atoms with E-state index < -0.39 is 0 Å². The lowest BCUT2D eigenvalue weighted by Gasteiger charge is -2.35. The molecule has 0 spiro atoms. The van der Waals surface area contributed by atoms with Gasteiger partial charge >= 0.3 is 0 Å². The number of nitrogens with zero attached hydrogens (tertiary/aromatic N) is 5. The van der Waals surface area contributed by atoms with Gasteiger partial charge in [0.25, 0.3) is 0 Å². The Balaban J connectivity index is 1.10. The van der Waals surface area contributed by atoms with Crippen molar-refractivity contribution >= 4 is 28.4 Å². The van der Waals surface area contributed by atoms with E-state index in [1.54, 1.807) is 18.3 Å². The molecule has 1 fully saturated rings. The first-order valence-electron chi connectivity index (χ1n) is 13.4. The smallest absolute Gasteiger partial charge is 0.228 e. The second kappa shape index (κ2) is 11.6. The van der Waals surface area contributed by atoms with Gasteiger partial charge in [-0.1, -0.05) is 36.4 Å². The van der Waals surface area contributed by atoms with Crippen molar-refractivity contribution in [3.05, 3.63) is 114 Å². The van der Waals surface area contributed by atoms with E-state index in [0.717, 1.165) is 66.3 Å². The van der Waals surface area contributed by atoms with Gasteiger partial charge in [-0.25, -0.2) is 9.37 Å². The summed E-state index contributed by atoms with van der Waals surface area (Å²) in [6, 6.07) is 23.9. The zero-order valence-corrected chi connectivity index (χ0v) is 22.0. The molecular formula is C32H29FN6O. The number of carbonyl (C=O) groups excluding carboxylic acids is 1. The average Bonchev–Trinajstić information content (AvgIpc) is 2.99. The highest BCUT2D eigenvalue weighted by Crippen LogP contribution is 2.26. The van der Waals surface area contributed by atoms with E-state index in [-0.39, 0.29) is 18.1 Å². The number of amides is 1. The minimum absolute atomic E-state index is 0.147. The third kappa shape index (κ3) is 6.13. The molecule has 0 aliphatic carbocycles. The molecule has 1 saturated heterocycles. The number of piperazine rings is 1. The molecular weight excluding hydrogens is 503 g/mol. The van der Waals surface area contributed by atoms with Crippen LogP contribution in [0.1, 0.15) is 11.1 Å². The van der Waals surface area contributed by atoms with E-state index in [1.807, 2.05) is 54.9 Å². The summed E-state index contributed by atoms with van der Waals surface area (Å²) in [6.45, 7) is 4.62. The van der Waals surface area contributed by atoms with Gasteiger partial charge in [0.05, 0.1) is 23.7 Å². The predicted molar refractivity (Wildman–Crippen MR) is 155 cm³/mol. The largest absolute Gasteiger partial charge is 0.353 e. The highest BCUT2D eigenvalue weighted by molar-refractivity contribution is 5.92. The minimum atomic E-state index is -0.314. The van der Waals surface area contributed by atoms with Gasteiger partial charge in [0.1, 0.15) is 11.6 Å². The molecule has 1 amide bonds.